The number of hydrogen-bond acceptors (Lipinski definition) is 1. The van der Waals surface area contributed by atoms with Crippen LogP contribution in [0.15, 0.2) is 31.4 Å². The maximum Gasteiger partial charge on any atom is 0.0453 e. The van der Waals surface area contributed by atoms with Crippen LogP contribution in [-0.2, 0) is 6.42 Å². The van der Waals surface area contributed by atoms with Gasteiger partial charge in [0, 0.05) is 10.0 Å². The Morgan fingerprint density at radius 1 is 1.21 bits per heavy atom. The number of rotatable bonds is 3. The molecule has 1 nitrogen and oxygen atoms in total. The number of likely N-dealkylation sites (N-methyl/N-ethyl adjacent to an activating group) is 1. The van der Waals surface area contributed by atoms with Gasteiger partial charge in [0.2, 0.25) is 0 Å². The van der Waals surface area contributed by atoms with Crippen LogP contribution in [0.25, 0.3) is 0 Å². The number of hydrogen-bond donors (Lipinski definition) is 1. The minimum atomic E-state index is 0.748. The van der Waals surface area contributed by atoms with Gasteiger partial charge < -0.3 is 5.32 Å². The van der Waals surface area contributed by atoms with E-state index in [0.717, 1.165) is 28.6 Å². The summed E-state index contributed by atoms with van der Waals surface area (Å²) in [6.45, 7) is 6.89. The van der Waals surface area contributed by atoms with Crippen LogP contribution in [0.5, 0.6) is 0 Å². The molecule has 0 unspecified atom stereocenters. The molecule has 0 aliphatic heterocycles. The van der Waals surface area contributed by atoms with Gasteiger partial charge in [-0.2, -0.15) is 0 Å². The van der Waals surface area contributed by atoms with Crippen LogP contribution in [0.2, 0.25) is 10.0 Å². The smallest absolute Gasteiger partial charge is 0.0453 e. The summed E-state index contributed by atoms with van der Waals surface area (Å²) in [4.78, 5) is 0. The predicted molar refractivity (Wildman–Crippen MR) is 65.3 cm³/mol. The number of benzene rings is 1. The first-order valence-corrected chi connectivity index (χ1v) is 5.09. The molecule has 14 heavy (non-hydrogen) atoms. The second kappa shape index (κ2) is 7.86. The lowest BCUT2D eigenvalue weighted by Crippen LogP contribution is -2.10. The molecule has 78 valence electrons. The van der Waals surface area contributed by atoms with Gasteiger partial charge in [-0.15, -0.1) is 13.2 Å². The van der Waals surface area contributed by atoms with E-state index in [1.807, 2.05) is 25.2 Å². The SMILES string of the molecule is C=C.CNCCc1c(Cl)cccc1Cl. The van der Waals surface area contributed by atoms with Crippen LogP contribution >= 0.6 is 23.2 Å². The lowest BCUT2D eigenvalue weighted by atomic mass is 10.1. The van der Waals surface area contributed by atoms with Gasteiger partial charge in [0.15, 0.2) is 0 Å². The predicted octanol–water partition coefficient (Wildman–Crippen LogP) is 3.56. The summed E-state index contributed by atoms with van der Waals surface area (Å²) < 4.78 is 0. The van der Waals surface area contributed by atoms with Crippen molar-refractivity contribution >= 4 is 23.2 Å². The second-order valence-electron chi connectivity index (χ2n) is 2.55. The largest absolute Gasteiger partial charge is 0.319 e. The molecular weight excluding hydrogens is 217 g/mol. The third kappa shape index (κ3) is 4.14. The summed E-state index contributed by atoms with van der Waals surface area (Å²) in [5, 5.41) is 4.55. The fraction of sp³-hybridized carbons (Fsp3) is 0.273. The van der Waals surface area contributed by atoms with Crippen molar-refractivity contribution in [1.29, 1.82) is 0 Å². The van der Waals surface area contributed by atoms with E-state index in [2.05, 4.69) is 18.5 Å². The van der Waals surface area contributed by atoms with Gasteiger partial charge in [-0.25, -0.2) is 0 Å². The van der Waals surface area contributed by atoms with Gasteiger partial charge >= 0.3 is 0 Å². The van der Waals surface area contributed by atoms with Gasteiger partial charge in [-0.1, -0.05) is 29.3 Å². The quantitative estimate of drug-likeness (QED) is 0.785. The van der Waals surface area contributed by atoms with Crippen molar-refractivity contribution in [1.82, 2.24) is 5.32 Å². The third-order valence-corrected chi connectivity index (χ3v) is 2.39. The van der Waals surface area contributed by atoms with Gasteiger partial charge in [-0.05, 0) is 37.7 Å². The standard InChI is InChI=1S/C9H11Cl2N.C2H4/c1-12-6-5-7-8(10)3-2-4-9(7)11;1-2/h2-4,12H,5-6H2,1H3;1-2H2. The second-order valence-corrected chi connectivity index (χ2v) is 3.37. The van der Waals surface area contributed by atoms with Crippen molar-refractivity contribution in [3.8, 4) is 0 Å². The van der Waals surface area contributed by atoms with Crippen molar-refractivity contribution in [2.75, 3.05) is 13.6 Å². The summed E-state index contributed by atoms with van der Waals surface area (Å²) in [5.74, 6) is 0. The molecular formula is C11H15Cl2N. The third-order valence-electron chi connectivity index (χ3n) is 1.69. The van der Waals surface area contributed by atoms with Crippen LogP contribution < -0.4 is 5.32 Å². The maximum atomic E-state index is 5.95. The van der Waals surface area contributed by atoms with Crippen LogP contribution in [0.1, 0.15) is 5.56 Å². The van der Waals surface area contributed by atoms with Crippen LogP contribution in [0, 0.1) is 0 Å². The molecule has 0 fully saturated rings. The van der Waals surface area contributed by atoms with Gasteiger partial charge in [0.1, 0.15) is 0 Å². The molecule has 1 aromatic carbocycles. The van der Waals surface area contributed by atoms with Crippen molar-refractivity contribution in [2.24, 2.45) is 0 Å². The zero-order chi connectivity index (χ0) is 11.0. The van der Waals surface area contributed by atoms with Gasteiger partial charge in [0.05, 0.1) is 0 Å². The Morgan fingerprint density at radius 3 is 2.14 bits per heavy atom. The molecule has 0 saturated carbocycles. The Balaban J connectivity index is 0.000000791. The highest BCUT2D eigenvalue weighted by Gasteiger charge is 2.03. The topological polar surface area (TPSA) is 12.0 Å². The molecule has 0 bridgehead atoms. The normalized spacial score (nSPS) is 9.07. The lowest BCUT2D eigenvalue weighted by Gasteiger charge is -2.05. The maximum absolute atomic E-state index is 5.95. The molecule has 0 aromatic heterocycles. The highest BCUT2D eigenvalue weighted by Crippen LogP contribution is 2.24. The van der Waals surface area contributed by atoms with Gasteiger partial charge in [-0.3, -0.25) is 0 Å². The summed E-state index contributed by atoms with van der Waals surface area (Å²) in [6.07, 6.45) is 0.870. The van der Waals surface area contributed by atoms with Gasteiger partial charge in [0.25, 0.3) is 0 Å². The molecule has 1 rings (SSSR count). The fourth-order valence-corrected chi connectivity index (χ4v) is 1.61. The highest BCUT2D eigenvalue weighted by molar-refractivity contribution is 6.35. The van der Waals surface area contributed by atoms with Crippen LogP contribution in [0.4, 0.5) is 0 Å². The van der Waals surface area contributed by atoms with E-state index in [-0.39, 0.29) is 0 Å². The Hall–Kier alpha value is -0.500. The minimum absolute atomic E-state index is 0.748. The van der Waals surface area contributed by atoms with E-state index in [4.69, 9.17) is 23.2 Å². The van der Waals surface area contributed by atoms with Crippen molar-refractivity contribution in [3.63, 3.8) is 0 Å². The summed E-state index contributed by atoms with van der Waals surface area (Å²) >= 11 is 11.9. The van der Waals surface area contributed by atoms with Crippen LogP contribution in [0.3, 0.4) is 0 Å². The molecule has 1 N–H and O–H groups in total. The molecule has 0 amide bonds. The Morgan fingerprint density at radius 2 is 1.71 bits per heavy atom. The monoisotopic (exact) mass is 231 g/mol. The molecule has 0 saturated heterocycles. The molecule has 3 heteroatoms. The Labute approximate surface area is 95.7 Å². The Bertz CT molecular complexity index is 254. The zero-order valence-electron chi connectivity index (χ0n) is 8.32. The molecule has 0 aliphatic carbocycles. The van der Waals surface area contributed by atoms with Crippen molar-refractivity contribution in [2.45, 2.75) is 6.42 Å². The first-order chi connectivity index (χ1) is 6.75. The molecule has 0 heterocycles. The van der Waals surface area contributed by atoms with E-state index in [9.17, 15) is 0 Å². The molecule has 1 aromatic rings. The van der Waals surface area contributed by atoms with E-state index >= 15 is 0 Å². The van der Waals surface area contributed by atoms with Crippen LogP contribution in [-0.4, -0.2) is 13.6 Å². The number of nitrogens with one attached hydrogen (secondary N) is 1. The Kier molecular flexibility index (Phi) is 7.58. The first kappa shape index (κ1) is 13.5. The van der Waals surface area contributed by atoms with E-state index in [0.29, 0.717) is 0 Å². The first-order valence-electron chi connectivity index (χ1n) is 4.33. The van der Waals surface area contributed by atoms with E-state index in [1.54, 1.807) is 0 Å². The number of halogens is 2. The zero-order valence-corrected chi connectivity index (χ0v) is 9.83. The lowest BCUT2D eigenvalue weighted by molar-refractivity contribution is 0.792. The molecule has 0 radical (unpaired) electrons. The minimum Gasteiger partial charge on any atom is -0.319 e. The van der Waals surface area contributed by atoms with Crippen molar-refractivity contribution in [3.05, 3.63) is 47.0 Å². The van der Waals surface area contributed by atoms with Crippen molar-refractivity contribution < 1.29 is 0 Å². The fourth-order valence-electron chi connectivity index (χ4n) is 1.02. The average Bonchev–Trinajstić information content (AvgIpc) is 2.20. The molecule has 0 atom stereocenters. The highest BCUT2D eigenvalue weighted by atomic mass is 35.5. The summed E-state index contributed by atoms with van der Waals surface area (Å²) in [6, 6.07) is 5.57. The summed E-state index contributed by atoms with van der Waals surface area (Å²) in [5.41, 5.74) is 1.02. The molecule has 0 spiro atoms. The summed E-state index contributed by atoms with van der Waals surface area (Å²) in [7, 11) is 1.91. The van der Waals surface area contributed by atoms with E-state index < -0.39 is 0 Å². The average molecular weight is 232 g/mol. The van der Waals surface area contributed by atoms with E-state index in [1.165, 1.54) is 0 Å². The molecule has 0 aliphatic rings.